The van der Waals surface area contributed by atoms with Gasteiger partial charge in [0.25, 0.3) is 0 Å². The van der Waals surface area contributed by atoms with E-state index in [9.17, 15) is 13.2 Å². The van der Waals surface area contributed by atoms with Crippen molar-refractivity contribution in [3.05, 3.63) is 41.6 Å². The van der Waals surface area contributed by atoms with Gasteiger partial charge in [0.2, 0.25) is 0 Å². The van der Waals surface area contributed by atoms with E-state index in [0.29, 0.717) is 23.2 Å². The number of aryl methyl sites for hydroxylation is 1. The van der Waals surface area contributed by atoms with Gasteiger partial charge in [0, 0.05) is 17.4 Å². The Bertz CT molecular complexity index is 736. The van der Waals surface area contributed by atoms with E-state index in [1.807, 2.05) is 13.0 Å². The fourth-order valence-electron chi connectivity index (χ4n) is 2.98. The zero-order valence-corrected chi connectivity index (χ0v) is 16.0. The molecule has 2 rings (SSSR count). The van der Waals surface area contributed by atoms with E-state index in [4.69, 9.17) is 5.73 Å². The Labute approximate surface area is 158 Å². The molecule has 0 saturated heterocycles. The van der Waals surface area contributed by atoms with Crippen molar-refractivity contribution < 1.29 is 13.2 Å². The summed E-state index contributed by atoms with van der Waals surface area (Å²) in [5, 5.41) is 6.52. The summed E-state index contributed by atoms with van der Waals surface area (Å²) < 4.78 is 38.1. The summed E-state index contributed by atoms with van der Waals surface area (Å²) in [4.78, 5) is 4.40. The number of hydrogen-bond acceptors (Lipinski definition) is 4. The number of pyridine rings is 1. The average Bonchev–Trinajstić information content (AvgIpc) is 2.59. The van der Waals surface area contributed by atoms with Crippen LogP contribution in [0, 0.1) is 6.92 Å². The third-order valence-corrected chi connectivity index (χ3v) is 4.30. The van der Waals surface area contributed by atoms with Crippen molar-refractivity contribution in [2.75, 3.05) is 16.4 Å². The summed E-state index contributed by atoms with van der Waals surface area (Å²) in [6.45, 7) is 6.14. The summed E-state index contributed by atoms with van der Waals surface area (Å²) in [7, 11) is 0. The largest absolute Gasteiger partial charge is 0.416 e. The Morgan fingerprint density at radius 3 is 2.19 bits per heavy atom. The van der Waals surface area contributed by atoms with Crippen LogP contribution >= 0.6 is 0 Å². The van der Waals surface area contributed by atoms with Crippen LogP contribution in [0.25, 0.3) is 0 Å². The molecule has 0 aliphatic rings. The van der Waals surface area contributed by atoms with Crippen LogP contribution < -0.4 is 16.4 Å². The molecule has 0 saturated carbocycles. The number of alkyl halides is 3. The molecule has 0 aliphatic heterocycles. The second-order valence-corrected chi connectivity index (χ2v) is 6.69. The van der Waals surface area contributed by atoms with Gasteiger partial charge in [-0.3, -0.25) is 0 Å². The third-order valence-electron chi connectivity index (χ3n) is 4.30. The van der Waals surface area contributed by atoms with Crippen molar-refractivity contribution in [3.63, 3.8) is 0 Å². The summed E-state index contributed by atoms with van der Waals surface area (Å²) >= 11 is 0. The van der Waals surface area contributed by atoms with Gasteiger partial charge in [-0.1, -0.05) is 26.7 Å². The van der Waals surface area contributed by atoms with Crippen molar-refractivity contribution in [2.45, 2.75) is 58.7 Å². The fraction of sp³-hybridized carbons (Fsp3) is 0.450. The van der Waals surface area contributed by atoms with Crippen molar-refractivity contribution >= 4 is 22.9 Å². The van der Waals surface area contributed by atoms with Gasteiger partial charge in [-0.25, -0.2) is 4.98 Å². The van der Waals surface area contributed by atoms with E-state index in [1.165, 1.54) is 12.1 Å². The molecule has 1 aromatic carbocycles. The van der Waals surface area contributed by atoms with Crippen LogP contribution in [0.1, 0.15) is 50.8 Å². The zero-order valence-electron chi connectivity index (χ0n) is 16.0. The van der Waals surface area contributed by atoms with Crippen LogP contribution in [0.5, 0.6) is 0 Å². The average molecular weight is 380 g/mol. The molecule has 0 bridgehead atoms. The van der Waals surface area contributed by atoms with E-state index in [-0.39, 0.29) is 0 Å². The molecule has 0 spiro atoms. The number of anilines is 4. The number of nitrogen functional groups attached to an aromatic ring is 1. The number of nitrogens with zero attached hydrogens (tertiary/aromatic N) is 1. The molecule has 1 heterocycles. The number of benzene rings is 1. The molecule has 1 aromatic heterocycles. The van der Waals surface area contributed by atoms with Crippen LogP contribution in [-0.4, -0.2) is 11.0 Å². The number of nitrogens with two attached hydrogens (primary N) is 1. The van der Waals surface area contributed by atoms with E-state index in [2.05, 4.69) is 29.5 Å². The van der Waals surface area contributed by atoms with Gasteiger partial charge in [0.15, 0.2) is 5.82 Å². The number of aromatic nitrogens is 1. The molecule has 2 aromatic rings. The van der Waals surface area contributed by atoms with Gasteiger partial charge in [0.05, 0.1) is 16.9 Å². The van der Waals surface area contributed by atoms with Crippen molar-refractivity contribution in [2.24, 2.45) is 0 Å². The Balaban J connectivity index is 2.23. The van der Waals surface area contributed by atoms with Crippen LogP contribution in [0.2, 0.25) is 0 Å². The summed E-state index contributed by atoms with van der Waals surface area (Å²) in [5.74, 6) is 0.434. The lowest BCUT2D eigenvalue weighted by Crippen LogP contribution is -2.20. The highest BCUT2D eigenvalue weighted by Crippen LogP contribution is 2.33. The highest BCUT2D eigenvalue weighted by Gasteiger charge is 2.30. The molecule has 0 radical (unpaired) electrons. The second kappa shape index (κ2) is 8.97. The highest BCUT2D eigenvalue weighted by molar-refractivity contribution is 5.81. The van der Waals surface area contributed by atoms with Crippen LogP contribution in [0.15, 0.2) is 30.3 Å². The maximum atomic E-state index is 12.7. The maximum absolute atomic E-state index is 12.7. The number of nitrogens with one attached hydrogen (secondary N) is 2. The Kier molecular flexibility index (Phi) is 6.93. The van der Waals surface area contributed by atoms with E-state index in [1.54, 1.807) is 0 Å². The molecule has 0 atom stereocenters. The number of halogens is 3. The standard InChI is InChI=1S/C20H27F3N4/c1-4-6-15(7-5-2)26-17-12-13(3)25-19(18(17)24)27-16-10-8-14(9-11-16)20(21,22)23/h8-12,15H,4-7,24H2,1-3H3,(H2,25,26,27). The molecule has 0 fully saturated rings. The smallest absolute Gasteiger partial charge is 0.394 e. The first-order valence-electron chi connectivity index (χ1n) is 9.22. The lowest BCUT2D eigenvalue weighted by Gasteiger charge is -2.21. The van der Waals surface area contributed by atoms with Gasteiger partial charge >= 0.3 is 6.18 Å². The van der Waals surface area contributed by atoms with E-state index in [0.717, 1.165) is 49.2 Å². The molecule has 4 N–H and O–H groups in total. The van der Waals surface area contributed by atoms with Crippen LogP contribution in [0.3, 0.4) is 0 Å². The van der Waals surface area contributed by atoms with Gasteiger partial charge in [-0.2, -0.15) is 13.2 Å². The molecular weight excluding hydrogens is 353 g/mol. The fourth-order valence-corrected chi connectivity index (χ4v) is 2.98. The highest BCUT2D eigenvalue weighted by atomic mass is 19.4. The van der Waals surface area contributed by atoms with Crippen LogP contribution in [0.4, 0.5) is 36.1 Å². The van der Waals surface area contributed by atoms with Gasteiger partial charge < -0.3 is 16.4 Å². The Hall–Kier alpha value is -2.44. The van der Waals surface area contributed by atoms with Crippen molar-refractivity contribution in [1.82, 2.24) is 4.98 Å². The van der Waals surface area contributed by atoms with Crippen molar-refractivity contribution in [3.8, 4) is 0 Å². The van der Waals surface area contributed by atoms with Gasteiger partial charge in [0.1, 0.15) is 0 Å². The maximum Gasteiger partial charge on any atom is 0.416 e. The van der Waals surface area contributed by atoms with E-state index < -0.39 is 11.7 Å². The Morgan fingerprint density at radius 2 is 1.67 bits per heavy atom. The quantitative estimate of drug-likeness (QED) is 0.517. The number of hydrogen-bond donors (Lipinski definition) is 3. The molecule has 0 aliphatic carbocycles. The summed E-state index contributed by atoms with van der Waals surface area (Å²) in [6.07, 6.45) is -0.146. The molecule has 0 unspecified atom stereocenters. The van der Waals surface area contributed by atoms with Crippen molar-refractivity contribution in [1.29, 1.82) is 0 Å². The minimum Gasteiger partial charge on any atom is -0.394 e. The lowest BCUT2D eigenvalue weighted by atomic mass is 10.1. The van der Waals surface area contributed by atoms with Gasteiger partial charge in [-0.15, -0.1) is 0 Å². The molecule has 4 nitrogen and oxygen atoms in total. The first-order valence-corrected chi connectivity index (χ1v) is 9.22. The predicted molar refractivity (Wildman–Crippen MR) is 105 cm³/mol. The summed E-state index contributed by atoms with van der Waals surface area (Å²) in [5.41, 5.74) is 8.10. The third kappa shape index (κ3) is 5.77. The first-order chi connectivity index (χ1) is 12.7. The molecule has 148 valence electrons. The minimum absolute atomic E-state index is 0.322. The second-order valence-electron chi connectivity index (χ2n) is 6.69. The molecule has 27 heavy (non-hydrogen) atoms. The molecule has 0 amide bonds. The Morgan fingerprint density at radius 1 is 1.07 bits per heavy atom. The minimum atomic E-state index is -4.36. The normalized spacial score (nSPS) is 11.7. The molecule has 7 heteroatoms. The summed E-state index contributed by atoms with van der Waals surface area (Å²) in [6, 6.07) is 7.03. The predicted octanol–water partition coefficient (Wildman–Crippen LogP) is 6.12. The van der Waals surface area contributed by atoms with Crippen LogP contribution in [-0.2, 0) is 6.18 Å². The number of rotatable bonds is 8. The first kappa shape index (κ1) is 20.9. The topological polar surface area (TPSA) is 63.0 Å². The zero-order chi connectivity index (χ0) is 20.0. The lowest BCUT2D eigenvalue weighted by molar-refractivity contribution is -0.137. The van der Waals surface area contributed by atoms with E-state index >= 15 is 0 Å². The SMILES string of the molecule is CCCC(CCC)Nc1cc(C)nc(Nc2ccc(C(F)(F)F)cc2)c1N. The van der Waals surface area contributed by atoms with Gasteiger partial charge in [-0.05, 0) is 50.1 Å². The molecular formula is C20H27F3N4. The monoisotopic (exact) mass is 380 g/mol.